The van der Waals surface area contributed by atoms with Gasteiger partial charge in [-0.25, -0.2) is 4.98 Å². The molecule has 1 rings (SSSR count). The molecule has 0 aliphatic rings. The van der Waals surface area contributed by atoms with E-state index >= 15 is 0 Å². The zero-order chi connectivity index (χ0) is 11.4. The number of nitrogens with one attached hydrogen (secondary N) is 1. The van der Waals surface area contributed by atoms with Crippen LogP contribution in [-0.4, -0.2) is 16.9 Å². The van der Waals surface area contributed by atoms with Crippen molar-refractivity contribution < 1.29 is 4.79 Å². The maximum atomic E-state index is 11.6. The third-order valence-corrected chi connectivity index (χ3v) is 2.43. The molecule has 0 spiro atoms. The Kier molecular flexibility index (Phi) is 4.23. The highest BCUT2D eigenvalue weighted by atomic mass is 79.9. The molecule has 0 aromatic carbocycles. The molecule has 15 heavy (non-hydrogen) atoms. The minimum atomic E-state index is -0.509. The molecule has 0 fully saturated rings. The number of rotatable bonds is 3. The Morgan fingerprint density at radius 3 is 2.73 bits per heavy atom. The largest absolute Gasteiger partial charge is 0.320 e. The smallest absolute Gasteiger partial charge is 0.242 e. The maximum Gasteiger partial charge on any atom is 0.242 e. The lowest BCUT2D eigenvalue weighted by atomic mass is 10.1. The van der Waals surface area contributed by atoms with Crippen LogP contribution in [0.25, 0.3) is 0 Å². The van der Waals surface area contributed by atoms with Gasteiger partial charge in [-0.2, -0.15) is 0 Å². The second kappa shape index (κ2) is 5.23. The Labute approximate surface area is 97.4 Å². The summed E-state index contributed by atoms with van der Waals surface area (Å²) in [6.45, 7) is 3.80. The monoisotopic (exact) mass is 271 g/mol. The van der Waals surface area contributed by atoms with E-state index in [0.717, 1.165) is 0 Å². The minimum Gasteiger partial charge on any atom is -0.320 e. The minimum absolute atomic E-state index is 0.108. The molecule has 1 amide bonds. The van der Waals surface area contributed by atoms with E-state index in [1.54, 1.807) is 18.2 Å². The Morgan fingerprint density at radius 1 is 1.53 bits per heavy atom. The first-order valence-electron chi connectivity index (χ1n) is 4.69. The van der Waals surface area contributed by atoms with Crippen LogP contribution in [0.15, 0.2) is 22.8 Å². The first-order chi connectivity index (χ1) is 7.00. The summed E-state index contributed by atoms with van der Waals surface area (Å²) in [5.41, 5.74) is 5.69. The number of nitrogens with zero attached hydrogens (tertiary/aromatic N) is 1. The SMILES string of the molecule is CC(C)[C@H](N)C(=O)Nc1cccc(Br)n1. The summed E-state index contributed by atoms with van der Waals surface area (Å²) in [6, 6.07) is 4.80. The van der Waals surface area contributed by atoms with Crippen LogP contribution in [0.5, 0.6) is 0 Å². The molecular formula is C10H14BrN3O. The summed E-state index contributed by atoms with van der Waals surface area (Å²) in [5.74, 6) is 0.401. The molecule has 0 bridgehead atoms. The van der Waals surface area contributed by atoms with Crippen molar-refractivity contribution in [2.24, 2.45) is 11.7 Å². The average molecular weight is 272 g/mol. The number of carbonyl (C=O) groups is 1. The van der Waals surface area contributed by atoms with Crippen molar-refractivity contribution in [3.8, 4) is 0 Å². The summed E-state index contributed by atoms with van der Waals surface area (Å²) in [6.07, 6.45) is 0. The van der Waals surface area contributed by atoms with Crippen LogP contribution in [0.4, 0.5) is 5.82 Å². The molecule has 0 radical (unpaired) electrons. The van der Waals surface area contributed by atoms with Gasteiger partial charge >= 0.3 is 0 Å². The van der Waals surface area contributed by atoms with Crippen LogP contribution in [-0.2, 0) is 4.79 Å². The van der Waals surface area contributed by atoms with Crippen LogP contribution in [0.1, 0.15) is 13.8 Å². The van der Waals surface area contributed by atoms with Crippen LogP contribution < -0.4 is 11.1 Å². The molecule has 1 heterocycles. The van der Waals surface area contributed by atoms with Crippen LogP contribution in [0.3, 0.4) is 0 Å². The summed E-state index contributed by atoms with van der Waals surface area (Å²) in [5, 5.41) is 2.66. The summed E-state index contributed by atoms with van der Waals surface area (Å²) >= 11 is 3.22. The van der Waals surface area contributed by atoms with Gasteiger partial charge < -0.3 is 11.1 Å². The number of anilines is 1. The van der Waals surface area contributed by atoms with E-state index in [1.807, 2.05) is 13.8 Å². The Morgan fingerprint density at radius 2 is 2.20 bits per heavy atom. The van der Waals surface area contributed by atoms with E-state index in [-0.39, 0.29) is 11.8 Å². The molecule has 0 aliphatic heterocycles. The van der Waals surface area contributed by atoms with E-state index < -0.39 is 6.04 Å². The molecule has 1 aromatic rings. The fourth-order valence-electron chi connectivity index (χ4n) is 0.990. The number of pyridine rings is 1. The standard InChI is InChI=1S/C10H14BrN3O/c1-6(2)9(12)10(15)14-8-5-3-4-7(11)13-8/h3-6,9H,12H2,1-2H3,(H,13,14,15)/t9-/m0/s1. The fraction of sp³-hybridized carbons (Fsp3) is 0.400. The van der Waals surface area contributed by atoms with Crippen molar-refractivity contribution in [1.29, 1.82) is 0 Å². The molecule has 5 heteroatoms. The Bertz CT molecular complexity index is 354. The highest BCUT2D eigenvalue weighted by Gasteiger charge is 2.17. The van der Waals surface area contributed by atoms with Gasteiger partial charge in [-0.05, 0) is 34.0 Å². The van der Waals surface area contributed by atoms with Crippen molar-refractivity contribution >= 4 is 27.7 Å². The van der Waals surface area contributed by atoms with Gasteiger partial charge in [0.15, 0.2) is 0 Å². The molecule has 4 nitrogen and oxygen atoms in total. The van der Waals surface area contributed by atoms with Crippen molar-refractivity contribution in [3.05, 3.63) is 22.8 Å². The van der Waals surface area contributed by atoms with Crippen molar-refractivity contribution in [1.82, 2.24) is 4.98 Å². The first-order valence-corrected chi connectivity index (χ1v) is 5.49. The Hall–Kier alpha value is -0.940. The molecule has 0 saturated heterocycles. The molecule has 3 N–H and O–H groups in total. The van der Waals surface area contributed by atoms with E-state index in [9.17, 15) is 4.79 Å². The Balaban J connectivity index is 2.66. The van der Waals surface area contributed by atoms with Gasteiger partial charge in [0.2, 0.25) is 5.91 Å². The van der Waals surface area contributed by atoms with Gasteiger partial charge in [0.1, 0.15) is 10.4 Å². The molecule has 82 valence electrons. The second-order valence-electron chi connectivity index (χ2n) is 3.60. The lowest BCUT2D eigenvalue weighted by Crippen LogP contribution is -2.39. The van der Waals surface area contributed by atoms with Crippen LogP contribution in [0.2, 0.25) is 0 Å². The molecule has 1 atom stereocenters. The first kappa shape index (κ1) is 12.1. The van der Waals surface area contributed by atoms with Crippen LogP contribution in [0, 0.1) is 5.92 Å². The van der Waals surface area contributed by atoms with Gasteiger partial charge in [-0.15, -0.1) is 0 Å². The maximum absolute atomic E-state index is 11.6. The number of hydrogen-bond acceptors (Lipinski definition) is 3. The number of halogens is 1. The van der Waals surface area contributed by atoms with Gasteiger partial charge in [-0.1, -0.05) is 19.9 Å². The lowest BCUT2D eigenvalue weighted by Gasteiger charge is -2.14. The topological polar surface area (TPSA) is 68.0 Å². The molecule has 0 aliphatic carbocycles. The van der Waals surface area contributed by atoms with Crippen molar-refractivity contribution in [2.45, 2.75) is 19.9 Å². The summed E-state index contributed by atoms with van der Waals surface area (Å²) in [7, 11) is 0. The summed E-state index contributed by atoms with van der Waals surface area (Å²) < 4.78 is 0.679. The van der Waals surface area contributed by atoms with E-state index in [4.69, 9.17) is 5.73 Å². The predicted molar refractivity (Wildman–Crippen MR) is 63.4 cm³/mol. The zero-order valence-electron chi connectivity index (χ0n) is 8.70. The average Bonchev–Trinajstić information content (AvgIpc) is 2.16. The molecular weight excluding hydrogens is 258 g/mol. The zero-order valence-corrected chi connectivity index (χ0v) is 10.3. The number of nitrogens with two attached hydrogens (primary N) is 1. The van der Waals surface area contributed by atoms with E-state index in [0.29, 0.717) is 10.4 Å². The highest BCUT2D eigenvalue weighted by molar-refractivity contribution is 9.10. The van der Waals surface area contributed by atoms with Crippen molar-refractivity contribution in [2.75, 3.05) is 5.32 Å². The normalized spacial score (nSPS) is 12.6. The molecule has 0 saturated carbocycles. The van der Waals surface area contributed by atoms with E-state index in [1.165, 1.54) is 0 Å². The number of hydrogen-bond donors (Lipinski definition) is 2. The third kappa shape index (κ3) is 3.60. The van der Waals surface area contributed by atoms with Crippen molar-refractivity contribution in [3.63, 3.8) is 0 Å². The van der Waals surface area contributed by atoms with Gasteiger partial charge in [-0.3, -0.25) is 4.79 Å². The van der Waals surface area contributed by atoms with E-state index in [2.05, 4.69) is 26.2 Å². The van der Waals surface area contributed by atoms with Gasteiger partial charge in [0, 0.05) is 0 Å². The predicted octanol–water partition coefficient (Wildman–Crippen LogP) is 1.77. The quantitative estimate of drug-likeness (QED) is 0.824. The highest BCUT2D eigenvalue weighted by Crippen LogP contribution is 2.10. The number of amides is 1. The fourth-order valence-corrected chi connectivity index (χ4v) is 1.33. The summed E-state index contributed by atoms with van der Waals surface area (Å²) in [4.78, 5) is 15.7. The third-order valence-electron chi connectivity index (χ3n) is 1.99. The van der Waals surface area contributed by atoms with Gasteiger partial charge in [0.05, 0.1) is 6.04 Å². The lowest BCUT2D eigenvalue weighted by molar-refractivity contribution is -0.118. The second-order valence-corrected chi connectivity index (χ2v) is 4.42. The number of aromatic nitrogens is 1. The molecule has 0 unspecified atom stereocenters. The van der Waals surface area contributed by atoms with Gasteiger partial charge in [0.25, 0.3) is 0 Å². The number of carbonyl (C=O) groups excluding carboxylic acids is 1. The molecule has 1 aromatic heterocycles. The van der Waals surface area contributed by atoms with Crippen LogP contribution >= 0.6 is 15.9 Å².